The summed E-state index contributed by atoms with van der Waals surface area (Å²) in [7, 11) is 1.96. The zero-order valence-electron chi connectivity index (χ0n) is 14.8. The van der Waals surface area contributed by atoms with Gasteiger partial charge in [0.2, 0.25) is 0 Å². The van der Waals surface area contributed by atoms with Crippen LogP contribution in [-0.2, 0) is 13.1 Å². The molecule has 0 radical (unpaired) electrons. The van der Waals surface area contributed by atoms with E-state index in [9.17, 15) is 9.59 Å². The number of nitrogens with one attached hydrogen (secondary N) is 2. The van der Waals surface area contributed by atoms with Crippen LogP contribution in [0.4, 0.5) is 5.82 Å². The second-order valence-corrected chi connectivity index (χ2v) is 6.48. The Hall–Kier alpha value is -3.12. The number of hydrogen-bond acceptors (Lipinski definition) is 4. The molecule has 0 aliphatic heterocycles. The monoisotopic (exact) mass is 382 g/mol. The van der Waals surface area contributed by atoms with Gasteiger partial charge in [0, 0.05) is 38.1 Å². The molecule has 0 spiro atoms. The first-order chi connectivity index (χ1) is 13.0. The van der Waals surface area contributed by atoms with Gasteiger partial charge in [0.05, 0.1) is 5.56 Å². The van der Waals surface area contributed by atoms with Crippen LogP contribution in [-0.4, -0.2) is 22.9 Å². The van der Waals surface area contributed by atoms with Crippen LogP contribution >= 0.6 is 11.6 Å². The van der Waals surface area contributed by atoms with E-state index in [2.05, 4.69) is 27.4 Å². The van der Waals surface area contributed by atoms with E-state index >= 15 is 0 Å². The summed E-state index contributed by atoms with van der Waals surface area (Å²) in [6, 6.07) is 15.2. The number of amides is 1. The number of halogens is 1. The van der Waals surface area contributed by atoms with Gasteiger partial charge in [0.1, 0.15) is 10.8 Å². The van der Waals surface area contributed by atoms with Crippen molar-refractivity contribution in [1.29, 1.82) is 0 Å². The second kappa shape index (κ2) is 8.51. The number of aromatic nitrogens is 2. The number of carbonyl (C=O) groups is 1. The average molecular weight is 383 g/mol. The average Bonchev–Trinajstić information content (AvgIpc) is 2.69. The molecule has 0 unspecified atom stereocenters. The fraction of sp³-hybridized carbons (Fsp3) is 0.150. The third-order valence-electron chi connectivity index (χ3n) is 4.05. The van der Waals surface area contributed by atoms with Crippen molar-refractivity contribution >= 4 is 23.3 Å². The van der Waals surface area contributed by atoms with E-state index in [-0.39, 0.29) is 10.9 Å². The molecule has 0 aliphatic carbocycles. The number of anilines is 1. The summed E-state index contributed by atoms with van der Waals surface area (Å²) in [6.07, 6.45) is 3.07. The molecule has 27 heavy (non-hydrogen) atoms. The molecule has 138 valence electrons. The van der Waals surface area contributed by atoms with E-state index in [1.807, 2.05) is 42.3 Å². The predicted octanol–water partition coefficient (Wildman–Crippen LogP) is 2.99. The Labute approximate surface area is 161 Å². The number of H-pyrrole nitrogens is 1. The molecule has 3 aromatic rings. The molecule has 1 aromatic carbocycles. The zero-order valence-corrected chi connectivity index (χ0v) is 15.5. The first kappa shape index (κ1) is 18.7. The molecular weight excluding hydrogens is 364 g/mol. The van der Waals surface area contributed by atoms with Crippen molar-refractivity contribution < 1.29 is 4.79 Å². The Morgan fingerprint density at radius 3 is 2.74 bits per heavy atom. The quantitative estimate of drug-likeness (QED) is 0.687. The van der Waals surface area contributed by atoms with E-state index in [4.69, 9.17) is 11.6 Å². The van der Waals surface area contributed by atoms with Gasteiger partial charge in [-0.15, -0.1) is 0 Å². The molecule has 0 atom stereocenters. The number of aromatic amines is 1. The number of nitrogens with zero attached hydrogens (tertiary/aromatic N) is 2. The highest BCUT2D eigenvalue weighted by Crippen LogP contribution is 2.18. The summed E-state index contributed by atoms with van der Waals surface area (Å²) in [5.74, 6) is 0.467. The molecule has 0 fully saturated rings. The molecule has 0 aliphatic rings. The summed E-state index contributed by atoms with van der Waals surface area (Å²) in [6.45, 7) is 1.01. The van der Waals surface area contributed by atoms with E-state index in [0.717, 1.165) is 11.4 Å². The van der Waals surface area contributed by atoms with Gasteiger partial charge < -0.3 is 15.2 Å². The summed E-state index contributed by atoms with van der Waals surface area (Å²) in [5.41, 5.74) is 1.93. The number of carbonyl (C=O) groups excluding carboxylic acids is 1. The van der Waals surface area contributed by atoms with Crippen molar-refractivity contribution in [2.24, 2.45) is 0 Å². The Balaban J connectivity index is 1.71. The highest BCUT2D eigenvalue weighted by molar-refractivity contribution is 6.30. The third kappa shape index (κ3) is 4.74. The van der Waals surface area contributed by atoms with Gasteiger partial charge >= 0.3 is 0 Å². The summed E-state index contributed by atoms with van der Waals surface area (Å²) in [4.78, 5) is 32.6. The molecule has 7 heteroatoms. The fourth-order valence-corrected chi connectivity index (χ4v) is 2.88. The number of rotatable bonds is 6. The first-order valence-electron chi connectivity index (χ1n) is 8.40. The molecule has 2 N–H and O–H groups in total. The zero-order chi connectivity index (χ0) is 19.2. The van der Waals surface area contributed by atoms with Crippen LogP contribution in [0.3, 0.4) is 0 Å². The van der Waals surface area contributed by atoms with Crippen LogP contribution in [0, 0.1) is 0 Å². The van der Waals surface area contributed by atoms with Crippen LogP contribution < -0.4 is 15.8 Å². The lowest BCUT2D eigenvalue weighted by Crippen LogP contribution is -2.26. The second-order valence-electron chi connectivity index (χ2n) is 6.08. The van der Waals surface area contributed by atoms with Crippen LogP contribution in [0.2, 0.25) is 5.02 Å². The van der Waals surface area contributed by atoms with Gasteiger partial charge in [-0.25, -0.2) is 4.98 Å². The van der Waals surface area contributed by atoms with Gasteiger partial charge in [-0.2, -0.15) is 0 Å². The Morgan fingerprint density at radius 2 is 2.00 bits per heavy atom. The highest BCUT2D eigenvalue weighted by atomic mass is 35.5. The fourth-order valence-electron chi connectivity index (χ4n) is 2.71. The molecule has 0 bridgehead atoms. The van der Waals surface area contributed by atoms with Crippen molar-refractivity contribution in [2.45, 2.75) is 13.1 Å². The van der Waals surface area contributed by atoms with E-state index in [1.165, 1.54) is 17.8 Å². The number of hydrogen-bond donors (Lipinski definition) is 2. The molecule has 0 saturated carbocycles. The molecule has 2 aromatic heterocycles. The van der Waals surface area contributed by atoms with Crippen molar-refractivity contribution in [2.75, 3.05) is 11.9 Å². The summed E-state index contributed by atoms with van der Waals surface area (Å²) < 4.78 is 0. The lowest BCUT2D eigenvalue weighted by atomic mass is 10.2. The lowest BCUT2D eigenvalue weighted by molar-refractivity contribution is 0.0950. The lowest BCUT2D eigenvalue weighted by Gasteiger charge is -2.21. The van der Waals surface area contributed by atoms with Crippen LogP contribution in [0.5, 0.6) is 0 Å². The van der Waals surface area contributed by atoms with Crippen molar-refractivity contribution in [3.8, 4) is 0 Å². The minimum Gasteiger partial charge on any atom is -0.355 e. The largest absolute Gasteiger partial charge is 0.355 e. The van der Waals surface area contributed by atoms with Gasteiger partial charge in [-0.1, -0.05) is 48.0 Å². The van der Waals surface area contributed by atoms with Crippen molar-refractivity contribution in [1.82, 2.24) is 15.3 Å². The van der Waals surface area contributed by atoms with E-state index in [1.54, 1.807) is 6.20 Å². The van der Waals surface area contributed by atoms with Gasteiger partial charge in [0.15, 0.2) is 0 Å². The Morgan fingerprint density at radius 1 is 1.22 bits per heavy atom. The van der Waals surface area contributed by atoms with Crippen molar-refractivity contribution in [3.63, 3.8) is 0 Å². The topological polar surface area (TPSA) is 78.1 Å². The standard InChI is InChI=1S/C20H19ClN4O2/c1-25(13-14-6-3-2-4-7-14)18-15(8-5-9-22-18)11-23-19(26)16-10-17(21)20(27)24-12-16/h2-10,12H,11,13H2,1H3,(H,23,26)(H,24,27). The van der Waals surface area contributed by atoms with Gasteiger partial charge in [-0.3, -0.25) is 9.59 Å². The summed E-state index contributed by atoms with van der Waals surface area (Å²) >= 11 is 5.78. The SMILES string of the molecule is CN(Cc1ccccc1)c1ncccc1CNC(=O)c1c[nH]c(=O)c(Cl)c1. The number of benzene rings is 1. The molecule has 1 amide bonds. The summed E-state index contributed by atoms with van der Waals surface area (Å²) in [5, 5.41) is 2.81. The maximum atomic E-state index is 12.3. The third-order valence-corrected chi connectivity index (χ3v) is 4.33. The Kier molecular flexibility index (Phi) is 5.88. The van der Waals surface area contributed by atoms with Gasteiger partial charge in [0.25, 0.3) is 11.5 Å². The normalized spacial score (nSPS) is 10.4. The van der Waals surface area contributed by atoms with E-state index < -0.39 is 5.56 Å². The minimum atomic E-state index is -0.426. The molecule has 2 heterocycles. The van der Waals surface area contributed by atoms with Gasteiger partial charge in [-0.05, 0) is 17.7 Å². The van der Waals surface area contributed by atoms with Crippen LogP contribution in [0.1, 0.15) is 21.5 Å². The minimum absolute atomic E-state index is 0.0210. The molecule has 6 nitrogen and oxygen atoms in total. The molecule has 3 rings (SSSR count). The highest BCUT2D eigenvalue weighted by Gasteiger charge is 2.12. The van der Waals surface area contributed by atoms with Crippen LogP contribution in [0.15, 0.2) is 65.7 Å². The molecular formula is C20H19ClN4O2. The molecule has 0 saturated heterocycles. The van der Waals surface area contributed by atoms with Crippen molar-refractivity contribution in [3.05, 3.63) is 93.0 Å². The smallest absolute Gasteiger partial charge is 0.266 e. The Bertz CT molecular complexity index is 989. The van der Waals surface area contributed by atoms with Crippen LogP contribution in [0.25, 0.3) is 0 Å². The maximum absolute atomic E-state index is 12.3. The maximum Gasteiger partial charge on any atom is 0.266 e. The first-order valence-corrected chi connectivity index (χ1v) is 8.78. The predicted molar refractivity (Wildman–Crippen MR) is 106 cm³/mol. The van der Waals surface area contributed by atoms with E-state index in [0.29, 0.717) is 18.7 Å². The number of pyridine rings is 2.